The molecule has 18 heavy (non-hydrogen) atoms. The monoisotopic (exact) mass is 251 g/mol. The Morgan fingerprint density at radius 3 is 2.78 bits per heavy atom. The number of esters is 1. The molecular formula is C15H25NO2. The quantitative estimate of drug-likeness (QED) is 0.448. The lowest BCUT2D eigenvalue weighted by Crippen LogP contribution is -2.48. The molecule has 3 heteroatoms. The largest absolute Gasteiger partial charge is 0.469 e. The van der Waals surface area contributed by atoms with Crippen LogP contribution < -0.4 is 5.73 Å². The van der Waals surface area contributed by atoms with Crippen LogP contribution in [0.2, 0.25) is 0 Å². The molecule has 0 amide bonds. The fraction of sp³-hybridized carbons (Fsp3) is 0.800. The Kier molecular flexibility index (Phi) is 4.81. The van der Waals surface area contributed by atoms with Crippen molar-refractivity contribution in [1.29, 1.82) is 0 Å². The molecule has 0 aromatic carbocycles. The number of carbonyl (C=O) groups excluding carboxylic acids is 1. The first-order valence-electron chi connectivity index (χ1n) is 7.18. The molecular weight excluding hydrogens is 226 g/mol. The molecule has 3 rings (SSSR count). The van der Waals surface area contributed by atoms with Gasteiger partial charge in [0.05, 0.1) is 7.11 Å². The van der Waals surface area contributed by atoms with Crippen molar-refractivity contribution in [3.63, 3.8) is 0 Å². The Balaban J connectivity index is 1.60. The van der Waals surface area contributed by atoms with Crippen LogP contribution in [-0.2, 0) is 9.53 Å². The van der Waals surface area contributed by atoms with E-state index in [4.69, 9.17) is 5.73 Å². The van der Waals surface area contributed by atoms with Crippen molar-refractivity contribution in [3.05, 3.63) is 12.2 Å². The highest BCUT2D eigenvalue weighted by molar-refractivity contribution is 5.68. The van der Waals surface area contributed by atoms with Crippen molar-refractivity contribution < 1.29 is 9.53 Å². The van der Waals surface area contributed by atoms with Gasteiger partial charge >= 0.3 is 5.97 Å². The van der Waals surface area contributed by atoms with E-state index in [9.17, 15) is 4.79 Å². The average molecular weight is 251 g/mol. The van der Waals surface area contributed by atoms with Gasteiger partial charge in [-0.2, -0.15) is 0 Å². The molecule has 3 saturated carbocycles. The molecule has 3 fully saturated rings. The third-order valence-corrected chi connectivity index (χ3v) is 4.59. The summed E-state index contributed by atoms with van der Waals surface area (Å²) in [5.74, 6) is 2.41. The topological polar surface area (TPSA) is 52.3 Å². The third kappa shape index (κ3) is 3.35. The predicted molar refractivity (Wildman–Crippen MR) is 71.9 cm³/mol. The minimum absolute atomic E-state index is 0.113. The van der Waals surface area contributed by atoms with Gasteiger partial charge in [0.1, 0.15) is 0 Å². The maximum Gasteiger partial charge on any atom is 0.305 e. The summed E-state index contributed by atoms with van der Waals surface area (Å²) in [4.78, 5) is 10.9. The van der Waals surface area contributed by atoms with E-state index in [1.165, 1.54) is 26.4 Å². The highest BCUT2D eigenvalue weighted by Crippen LogP contribution is 2.49. The van der Waals surface area contributed by atoms with Crippen LogP contribution in [0.4, 0.5) is 0 Å². The summed E-state index contributed by atoms with van der Waals surface area (Å²) in [5.41, 5.74) is 6.20. The second-order valence-corrected chi connectivity index (χ2v) is 5.84. The van der Waals surface area contributed by atoms with Crippen LogP contribution in [0.5, 0.6) is 0 Å². The van der Waals surface area contributed by atoms with Gasteiger partial charge in [-0.15, -0.1) is 0 Å². The highest BCUT2D eigenvalue weighted by atomic mass is 16.5. The summed E-state index contributed by atoms with van der Waals surface area (Å²) in [5, 5.41) is 0. The summed E-state index contributed by atoms with van der Waals surface area (Å²) in [6, 6.07) is 0.419. The molecule has 0 aromatic rings. The second kappa shape index (κ2) is 6.37. The maximum atomic E-state index is 10.9. The number of carbonyl (C=O) groups is 1. The van der Waals surface area contributed by atoms with Crippen molar-refractivity contribution in [2.24, 2.45) is 23.5 Å². The smallest absolute Gasteiger partial charge is 0.305 e. The molecule has 102 valence electrons. The molecule has 3 aliphatic carbocycles. The van der Waals surface area contributed by atoms with Crippen molar-refractivity contribution in [1.82, 2.24) is 0 Å². The van der Waals surface area contributed by atoms with Crippen molar-refractivity contribution in [2.45, 2.75) is 51.0 Å². The zero-order chi connectivity index (χ0) is 13.0. The lowest BCUT2D eigenvalue weighted by Gasteiger charge is -2.50. The Morgan fingerprint density at radius 1 is 1.33 bits per heavy atom. The molecule has 2 atom stereocenters. The number of rotatable bonds is 6. The lowest BCUT2D eigenvalue weighted by molar-refractivity contribution is -0.140. The van der Waals surface area contributed by atoms with E-state index in [-0.39, 0.29) is 5.97 Å². The van der Waals surface area contributed by atoms with E-state index in [1.807, 2.05) is 0 Å². The number of methoxy groups -OCH3 is 1. The van der Waals surface area contributed by atoms with Crippen molar-refractivity contribution in [2.75, 3.05) is 7.11 Å². The van der Waals surface area contributed by atoms with Gasteiger partial charge in [-0.1, -0.05) is 12.2 Å². The fourth-order valence-corrected chi connectivity index (χ4v) is 3.44. The second-order valence-electron chi connectivity index (χ2n) is 5.84. The Hall–Kier alpha value is -0.830. The van der Waals surface area contributed by atoms with Gasteiger partial charge < -0.3 is 10.5 Å². The van der Waals surface area contributed by atoms with Gasteiger partial charge in [0.25, 0.3) is 0 Å². The van der Waals surface area contributed by atoms with Crippen LogP contribution in [0.25, 0.3) is 0 Å². The number of nitrogens with two attached hydrogens (primary N) is 1. The highest BCUT2D eigenvalue weighted by Gasteiger charge is 2.43. The van der Waals surface area contributed by atoms with Crippen LogP contribution >= 0.6 is 0 Å². The Labute approximate surface area is 110 Å². The molecule has 2 bridgehead atoms. The number of ether oxygens (including phenoxy) is 1. The molecule has 0 radical (unpaired) electrons. The zero-order valence-electron chi connectivity index (χ0n) is 11.3. The number of hydrogen-bond acceptors (Lipinski definition) is 3. The number of allylic oxidation sites excluding steroid dienone is 2. The summed E-state index contributed by atoms with van der Waals surface area (Å²) < 4.78 is 4.61. The van der Waals surface area contributed by atoms with Crippen LogP contribution in [0.15, 0.2) is 12.2 Å². The third-order valence-electron chi connectivity index (χ3n) is 4.59. The first-order valence-corrected chi connectivity index (χ1v) is 7.18. The van der Waals surface area contributed by atoms with Gasteiger partial charge in [-0.25, -0.2) is 0 Å². The lowest BCUT2D eigenvalue weighted by atomic mass is 9.57. The van der Waals surface area contributed by atoms with E-state index >= 15 is 0 Å². The number of fused-ring (bicyclic) bond motifs is 2. The standard InChI is InChI=1S/C15H25NO2/c1-18-15(17)7-5-3-2-4-6-13-12-8-11(9-12)10-14(13)16/h2,4,11-14H,3,5-10,16H2,1H3/t11?,12?,13-,14-/m0/s1. The molecule has 0 aromatic heterocycles. The molecule has 3 aliphatic rings. The van der Waals surface area contributed by atoms with Gasteiger partial charge in [0.2, 0.25) is 0 Å². The molecule has 2 N–H and O–H groups in total. The predicted octanol–water partition coefficient (Wildman–Crippen LogP) is 2.65. The Morgan fingerprint density at radius 2 is 2.11 bits per heavy atom. The SMILES string of the molecule is COC(=O)CCCC=CC[C@H]1C2CC(C2)C[C@@H]1N. The van der Waals surface area contributed by atoms with Crippen molar-refractivity contribution in [3.8, 4) is 0 Å². The van der Waals surface area contributed by atoms with E-state index in [0.29, 0.717) is 18.4 Å². The van der Waals surface area contributed by atoms with Gasteiger partial charge in [-0.3, -0.25) is 4.79 Å². The normalized spacial score (nSPS) is 34.3. The van der Waals surface area contributed by atoms with Crippen LogP contribution in [0.3, 0.4) is 0 Å². The van der Waals surface area contributed by atoms with E-state index in [0.717, 1.165) is 31.1 Å². The molecule has 0 aliphatic heterocycles. The van der Waals surface area contributed by atoms with Crippen LogP contribution in [0.1, 0.15) is 44.9 Å². The van der Waals surface area contributed by atoms with Crippen molar-refractivity contribution >= 4 is 5.97 Å². The minimum atomic E-state index is -0.113. The van der Waals surface area contributed by atoms with Gasteiger partial charge in [0, 0.05) is 12.5 Å². The summed E-state index contributed by atoms with van der Waals surface area (Å²) in [6.07, 6.45) is 12.0. The molecule has 0 spiro atoms. The zero-order valence-corrected chi connectivity index (χ0v) is 11.3. The molecule has 0 unspecified atom stereocenters. The first-order chi connectivity index (χ1) is 8.70. The summed E-state index contributed by atoms with van der Waals surface area (Å²) >= 11 is 0. The Bertz CT molecular complexity index is 306. The number of hydrogen-bond donors (Lipinski definition) is 1. The van der Waals surface area contributed by atoms with Gasteiger partial charge in [0.15, 0.2) is 0 Å². The average Bonchev–Trinajstić information content (AvgIpc) is 2.33. The summed E-state index contributed by atoms with van der Waals surface area (Å²) in [6.45, 7) is 0. The van der Waals surface area contributed by atoms with E-state index < -0.39 is 0 Å². The van der Waals surface area contributed by atoms with Gasteiger partial charge in [-0.05, 0) is 56.3 Å². The maximum absolute atomic E-state index is 10.9. The molecule has 0 heterocycles. The summed E-state index contributed by atoms with van der Waals surface area (Å²) in [7, 11) is 1.44. The van der Waals surface area contributed by atoms with Crippen LogP contribution in [0, 0.1) is 17.8 Å². The minimum Gasteiger partial charge on any atom is -0.469 e. The first kappa shape index (κ1) is 13.6. The van der Waals surface area contributed by atoms with Crippen LogP contribution in [-0.4, -0.2) is 19.1 Å². The molecule has 3 nitrogen and oxygen atoms in total. The van der Waals surface area contributed by atoms with E-state index in [2.05, 4.69) is 16.9 Å². The molecule has 0 saturated heterocycles. The number of unbranched alkanes of at least 4 members (excludes halogenated alkanes) is 1. The van der Waals surface area contributed by atoms with E-state index in [1.54, 1.807) is 0 Å². The fourth-order valence-electron chi connectivity index (χ4n) is 3.44.